The molecule has 1 atom stereocenters. The highest BCUT2D eigenvalue weighted by molar-refractivity contribution is 5.85. The molecular weight excluding hydrogens is 230 g/mol. The van der Waals surface area contributed by atoms with E-state index in [1.165, 1.54) is 7.11 Å². The number of methoxy groups -OCH3 is 1. The lowest BCUT2D eigenvalue weighted by atomic mass is 10.1. The van der Waals surface area contributed by atoms with Crippen molar-refractivity contribution >= 4 is 11.9 Å². The van der Waals surface area contributed by atoms with E-state index in [0.717, 1.165) is 5.56 Å². The number of nitrogens with one attached hydrogen (secondary N) is 1. The van der Waals surface area contributed by atoms with Gasteiger partial charge in [0.05, 0.1) is 13.5 Å². The van der Waals surface area contributed by atoms with Gasteiger partial charge in [0.15, 0.2) is 0 Å². The summed E-state index contributed by atoms with van der Waals surface area (Å²) in [6, 6.07) is 8.47. The molecule has 4 heteroatoms. The van der Waals surface area contributed by atoms with Crippen LogP contribution in [0.25, 0.3) is 0 Å². The molecule has 0 aliphatic carbocycles. The lowest BCUT2D eigenvalue weighted by Gasteiger charge is -2.13. The second-order valence-corrected chi connectivity index (χ2v) is 3.71. The van der Waals surface area contributed by atoms with Crippen molar-refractivity contribution in [2.75, 3.05) is 7.11 Å². The van der Waals surface area contributed by atoms with Gasteiger partial charge in [-0.05, 0) is 5.56 Å². The van der Waals surface area contributed by atoms with Gasteiger partial charge in [-0.3, -0.25) is 4.79 Å². The summed E-state index contributed by atoms with van der Waals surface area (Å²) in [6.45, 7) is 0. The van der Waals surface area contributed by atoms with Gasteiger partial charge in [0.1, 0.15) is 6.04 Å². The summed E-state index contributed by atoms with van der Waals surface area (Å²) in [4.78, 5) is 23.1. The third kappa shape index (κ3) is 4.30. The van der Waals surface area contributed by atoms with Crippen LogP contribution in [-0.2, 0) is 20.7 Å². The third-order valence-electron chi connectivity index (χ3n) is 2.35. The molecule has 1 rings (SSSR count). The topological polar surface area (TPSA) is 55.4 Å². The first kappa shape index (κ1) is 13.8. The summed E-state index contributed by atoms with van der Waals surface area (Å²) in [7, 11) is 1.26. The van der Waals surface area contributed by atoms with Crippen molar-refractivity contribution in [3.8, 4) is 12.3 Å². The number of benzene rings is 1. The van der Waals surface area contributed by atoms with Crippen molar-refractivity contribution < 1.29 is 14.3 Å². The molecule has 94 valence electrons. The molecule has 0 fully saturated rings. The van der Waals surface area contributed by atoms with Gasteiger partial charge in [0, 0.05) is 6.42 Å². The van der Waals surface area contributed by atoms with Crippen molar-refractivity contribution in [1.82, 2.24) is 5.32 Å². The van der Waals surface area contributed by atoms with Crippen LogP contribution in [0.3, 0.4) is 0 Å². The van der Waals surface area contributed by atoms with E-state index >= 15 is 0 Å². The Labute approximate surface area is 106 Å². The Hall–Kier alpha value is -2.28. The SMILES string of the molecule is C#CC[C@H](NC(=O)Cc1ccccc1)C(=O)OC. The molecule has 4 nitrogen and oxygen atoms in total. The molecule has 0 spiro atoms. The zero-order valence-corrected chi connectivity index (χ0v) is 10.2. The fourth-order valence-electron chi connectivity index (χ4n) is 1.48. The van der Waals surface area contributed by atoms with Gasteiger partial charge < -0.3 is 10.1 Å². The molecule has 1 aromatic carbocycles. The minimum atomic E-state index is -0.781. The Balaban J connectivity index is 2.57. The molecule has 1 amide bonds. The molecule has 18 heavy (non-hydrogen) atoms. The maximum Gasteiger partial charge on any atom is 0.329 e. The van der Waals surface area contributed by atoms with Crippen molar-refractivity contribution in [2.24, 2.45) is 0 Å². The highest BCUT2D eigenvalue weighted by Gasteiger charge is 2.20. The van der Waals surface area contributed by atoms with Gasteiger partial charge in [0.2, 0.25) is 5.91 Å². The van der Waals surface area contributed by atoms with Crippen molar-refractivity contribution in [3.63, 3.8) is 0 Å². The number of terminal acetylenes is 1. The summed E-state index contributed by atoms with van der Waals surface area (Å²) >= 11 is 0. The Morgan fingerprint density at radius 1 is 1.39 bits per heavy atom. The van der Waals surface area contributed by atoms with E-state index in [1.807, 2.05) is 30.3 Å². The monoisotopic (exact) mass is 245 g/mol. The molecule has 0 aromatic heterocycles. The molecule has 1 N–H and O–H groups in total. The molecule has 0 radical (unpaired) electrons. The Morgan fingerprint density at radius 3 is 2.61 bits per heavy atom. The van der Waals surface area contributed by atoms with E-state index in [9.17, 15) is 9.59 Å². The van der Waals surface area contributed by atoms with E-state index in [0.29, 0.717) is 0 Å². The highest BCUT2D eigenvalue weighted by atomic mass is 16.5. The summed E-state index contributed by atoms with van der Waals surface area (Å²) in [5, 5.41) is 2.56. The number of amides is 1. The molecule has 0 bridgehead atoms. The first-order valence-corrected chi connectivity index (χ1v) is 5.52. The maximum atomic E-state index is 11.7. The van der Waals surface area contributed by atoms with Crippen LogP contribution in [0.4, 0.5) is 0 Å². The molecule has 0 aliphatic heterocycles. The van der Waals surface area contributed by atoms with E-state index < -0.39 is 12.0 Å². The molecule has 0 saturated carbocycles. The quantitative estimate of drug-likeness (QED) is 0.619. The van der Waals surface area contributed by atoms with Crippen molar-refractivity contribution in [2.45, 2.75) is 18.9 Å². The lowest BCUT2D eigenvalue weighted by Crippen LogP contribution is -2.41. The minimum absolute atomic E-state index is 0.118. The van der Waals surface area contributed by atoms with E-state index in [2.05, 4.69) is 16.0 Å². The van der Waals surface area contributed by atoms with Crippen LogP contribution in [-0.4, -0.2) is 25.0 Å². The van der Waals surface area contributed by atoms with Crippen molar-refractivity contribution in [1.29, 1.82) is 0 Å². The smallest absolute Gasteiger partial charge is 0.329 e. The van der Waals surface area contributed by atoms with Gasteiger partial charge in [-0.15, -0.1) is 12.3 Å². The number of rotatable bonds is 5. The third-order valence-corrected chi connectivity index (χ3v) is 2.35. The Kier molecular flexibility index (Phi) is 5.46. The van der Waals surface area contributed by atoms with Gasteiger partial charge in [-0.2, -0.15) is 0 Å². The summed E-state index contributed by atoms with van der Waals surface area (Å²) in [6.07, 6.45) is 5.47. The molecule has 0 saturated heterocycles. The summed E-state index contributed by atoms with van der Waals surface area (Å²) < 4.78 is 4.57. The average Bonchev–Trinajstić information content (AvgIpc) is 2.38. The number of hydrogen-bond donors (Lipinski definition) is 1. The maximum absolute atomic E-state index is 11.7. The fourth-order valence-corrected chi connectivity index (χ4v) is 1.48. The Bertz CT molecular complexity index is 448. The number of carbonyl (C=O) groups is 2. The molecule has 1 aromatic rings. The predicted octanol–water partition coefficient (Wildman–Crippen LogP) is 0.910. The summed E-state index contributed by atoms with van der Waals surface area (Å²) in [5.41, 5.74) is 0.874. The summed E-state index contributed by atoms with van der Waals surface area (Å²) in [5.74, 6) is 1.55. The van der Waals surface area contributed by atoms with Crippen LogP contribution in [0.1, 0.15) is 12.0 Å². The molecular formula is C14H15NO3. The second-order valence-electron chi connectivity index (χ2n) is 3.71. The van der Waals surface area contributed by atoms with Crippen LogP contribution >= 0.6 is 0 Å². The second kappa shape index (κ2) is 7.13. The average molecular weight is 245 g/mol. The van der Waals surface area contributed by atoms with Gasteiger partial charge >= 0.3 is 5.97 Å². The first-order valence-electron chi connectivity index (χ1n) is 5.52. The minimum Gasteiger partial charge on any atom is -0.467 e. The van der Waals surface area contributed by atoms with E-state index in [1.54, 1.807) is 0 Å². The predicted molar refractivity (Wildman–Crippen MR) is 67.5 cm³/mol. The van der Waals surface area contributed by atoms with Gasteiger partial charge in [-0.1, -0.05) is 30.3 Å². The fraction of sp³-hybridized carbons (Fsp3) is 0.286. The molecule has 0 heterocycles. The lowest BCUT2D eigenvalue weighted by molar-refractivity contribution is -0.144. The van der Waals surface area contributed by atoms with Crippen LogP contribution in [0.2, 0.25) is 0 Å². The number of ether oxygens (including phenoxy) is 1. The van der Waals surface area contributed by atoms with Crippen LogP contribution in [0, 0.1) is 12.3 Å². The number of hydrogen-bond acceptors (Lipinski definition) is 3. The van der Waals surface area contributed by atoms with E-state index in [-0.39, 0.29) is 18.7 Å². The van der Waals surface area contributed by atoms with Crippen LogP contribution < -0.4 is 5.32 Å². The number of esters is 1. The first-order chi connectivity index (χ1) is 8.67. The molecule has 0 aliphatic rings. The highest BCUT2D eigenvalue weighted by Crippen LogP contribution is 2.01. The normalized spacial score (nSPS) is 11.1. The van der Waals surface area contributed by atoms with Crippen LogP contribution in [0.15, 0.2) is 30.3 Å². The van der Waals surface area contributed by atoms with E-state index in [4.69, 9.17) is 6.42 Å². The largest absolute Gasteiger partial charge is 0.467 e. The van der Waals surface area contributed by atoms with Crippen LogP contribution in [0.5, 0.6) is 0 Å². The van der Waals surface area contributed by atoms with Crippen molar-refractivity contribution in [3.05, 3.63) is 35.9 Å². The zero-order chi connectivity index (χ0) is 13.4. The molecule has 0 unspecified atom stereocenters. The Morgan fingerprint density at radius 2 is 2.06 bits per heavy atom. The zero-order valence-electron chi connectivity index (χ0n) is 10.2. The number of carbonyl (C=O) groups excluding carboxylic acids is 2. The van der Waals surface area contributed by atoms with Gasteiger partial charge in [-0.25, -0.2) is 4.79 Å². The van der Waals surface area contributed by atoms with Gasteiger partial charge in [0.25, 0.3) is 0 Å². The standard InChI is InChI=1S/C14H15NO3/c1-3-7-12(14(17)18-2)15-13(16)10-11-8-5-4-6-9-11/h1,4-6,8-9,12H,7,10H2,2H3,(H,15,16)/t12-/m0/s1.